The van der Waals surface area contributed by atoms with Crippen molar-refractivity contribution in [2.24, 2.45) is 0 Å². The van der Waals surface area contributed by atoms with Gasteiger partial charge < -0.3 is 15.1 Å². The first-order valence-electron chi connectivity index (χ1n) is 9.21. The molecule has 0 radical (unpaired) electrons. The second-order valence-electron chi connectivity index (χ2n) is 6.66. The lowest BCUT2D eigenvalue weighted by atomic mass is 10.2. The van der Waals surface area contributed by atoms with Crippen LogP contribution >= 0.6 is 11.3 Å². The van der Waals surface area contributed by atoms with E-state index in [2.05, 4.69) is 20.1 Å². The molecule has 4 rings (SSSR count). The molecule has 28 heavy (non-hydrogen) atoms. The molecule has 3 heterocycles. The highest BCUT2D eigenvalue weighted by Crippen LogP contribution is 2.21. The van der Waals surface area contributed by atoms with E-state index in [9.17, 15) is 9.18 Å². The van der Waals surface area contributed by atoms with Gasteiger partial charge in [-0.25, -0.2) is 9.37 Å². The van der Waals surface area contributed by atoms with Gasteiger partial charge in [0.1, 0.15) is 11.6 Å². The van der Waals surface area contributed by atoms with Crippen molar-refractivity contribution < 1.29 is 9.18 Å². The van der Waals surface area contributed by atoms with Gasteiger partial charge in [-0.15, -0.1) is 11.3 Å². The van der Waals surface area contributed by atoms with Crippen LogP contribution < -0.4 is 15.1 Å². The fourth-order valence-corrected chi connectivity index (χ4v) is 3.98. The largest absolute Gasteiger partial charge is 0.368 e. The molecule has 0 bridgehead atoms. The molecule has 1 aromatic carbocycles. The van der Waals surface area contributed by atoms with Crippen LogP contribution in [0.15, 0.2) is 60.1 Å². The highest BCUT2D eigenvalue weighted by atomic mass is 32.1. The molecule has 2 aromatic heterocycles. The molecular weight excluding hydrogens is 375 g/mol. The second-order valence-corrected chi connectivity index (χ2v) is 7.69. The molecule has 1 aliphatic heterocycles. The van der Waals surface area contributed by atoms with E-state index in [0.29, 0.717) is 12.2 Å². The second kappa shape index (κ2) is 8.39. The third kappa shape index (κ3) is 4.48. The van der Waals surface area contributed by atoms with Gasteiger partial charge in [0.05, 0.1) is 18.3 Å². The lowest BCUT2D eigenvalue weighted by molar-refractivity contribution is -0.115. The van der Waals surface area contributed by atoms with Gasteiger partial charge in [-0.1, -0.05) is 6.07 Å². The van der Waals surface area contributed by atoms with Gasteiger partial charge in [0, 0.05) is 36.7 Å². The Hall–Kier alpha value is -2.93. The van der Waals surface area contributed by atoms with Gasteiger partial charge in [-0.3, -0.25) is 4.79 Å². The first-order chi connectivity index (χ1) is 13.7. The SMILES string of the molecule is O=C(Cc1cccs1)Nc1ccc(N2CCN(c3ccc(F)cc3)CC2)cn1. The summed E-state index contributed by atoms with van der Waals surface area (Å²) in [5, 5.41) is 4.81. The standard InChI is InChI=1S/C21H21FN4OS/c22-16-3-5-17(6-4-16)25-9-11-26(12-10-25)18-7-8-20(23-15-18)24-21(27)14-19-2-1-13-28-19/h1-8,13,15H,9-12,14H2,(H,23,24,27). The number of hydrogen-bond acceptors (Lipinski definition) is 5. The average Bonchev–Trinajstić information content (AvgIpc) is 3.22. The van der Waals surface area contributed by atoms with Crippen LogP contribution in [0.4, 0.5) is 21.6 Å². The molecule has 0 aliphatic carbocycles. The molecular formula is C21H21FN4OS. The highest BCUT2D eigenvalue weighted by Gasteiger charge is 2.18. The summed E-state index contributed by atoms with van der Waals surface area (Å²) in [5.74, 6) is 0.293. The third-order valence-electron chi connectivity index (χ3n) is 4.77. The molecule has 7 heteroatoms. The monoisotopic (exact) mass is 396 g/mol. The minimum Gasteiger partial charge on any atom is -0.368 e. The van der Waals surface area contributed by atoms with Gasteiger partial charge in [0.2, 0.25) is 5.91 Å². The van der Waals surface area contributed by atoms with Crippen molar-refractivity contribution in [1.29, 1.82) is 0 Å². The van der Waals surface area contributed by atoms with Crippen molar-refractivity contribution in [3.63, 3.8) is 0 Å². The van der Waals surface area contributed by atoms with Crippen LogP contribution in [0.2, 0.25) is 0 Å². The Morgan fingerprint density at radius 1 is 1.00 bits per heavy atom. The molecule has 144 valence electrons. The number of pyridine rings is 1. The Bertz CT molecular complexity index is 905. The van der Waals surface area contributed by atoms with Gasteiger partial charge in [-0.05, 0) is 47.8 Å². The fraction of sp³-hybridized carbons (Fsp3) is 0.238. The first-order valence-corrected chi connectivity index (χ1v) is 10.1. The maximum atomic E-state index is 13.1. The van der Waals surface area contributed by atoms with E-state index >= 15 is 0 Å². The number of piperazine rings is 1. The number of nitrogens with one attached hydrogen (secondary N) is 1. The maximum absolute atomic E-state index is 13.1. The van der Waals surface area contributed by atoms with E-state index in [1.165, 1.54) is 12.1 Å². The molecule has 1 N–H and O–H groups in total. The Kier molecular flexibility index (Phi) is 5.53. The smallest absolute Gasteiger partial charge is 0.230 e. The summed E-state index contributed by atoms with van der Waals surface area (Å²) >= 11 is 1.57. The number of halogens is 1. The Morgan fingerprint density at radius 3 is 2.29 bits per heavy atom. The minimum atomic E-state index is -0.212. The highest BCUT2D eigenvalue weighted by molar-refractivity contribution is 7.10. The Labute approximate surface area is 167 Å². The lowest BCUT2D eigenvalue weighted by Gasteiger charge is -2.37. The van der Waals surface area contributed by atoms with Crippen LogP contribution in [0, 0.1) is 5.82 Å². The minimum absolute atomic E-state index is 0.0596. The van der Waals surface area contributed by atoms with Crippen molar-refractivity contribution in [3.8, 4) is 0 Å². The average molecular weight is 396 g/mol. The first kappa shape index (κ1) is 18.4. The number of anilines is 3. The number of thiophene rings is 1. The van der Waals surface area contributed by atoms with Crippen molar-refractivity contribution in [3.05, 3.63) is 70.8 Å². The van der Waals surface area contributed by atoms with Gasteiger partial charge in [-0.2, -0.15) is 0 Å². The van der Waals surface area contributed by atoms with E-state index in [0.717, 1.165) is 42.4 Å². The third-order valence-corrected chi connectivity index (χ3v) is 5.64. The van der Waals surface area contributed by atoms with Crippen molar-refractivity contribution >= 4 is 34.4 Å². The van der Waals surface area contributed by atoms with Gasteiger partial charge in [0.25, 0.3) is 0 Å². The number of benzene rings is 1. The van der Waals surface area contributed by atoms with Crippen molar-refractivity contribution in [2.45, 2.75) is 6.42 Å². The summed E-state index contributed by atoms with van der Waals surface area (Å²) in [4.78, 5) is 22.0. The van der Waals surface area contributed by atoms with Crippen molar-refractivity contribution in [1.82, 2.24) is 4.98 Å². The van der Waals surface area contributed by atoms with E-state index in [-0.39, 0.29) is 11.7 Å². The normalized spacial score (nSPS) is 14.2. The lowest BCUT2D eigenvalue weighted by Crippen LogP contribution is -2.46. The number of hydrogen-bond donors (Lipinski definition) is 1. The van der Waals surface area contributed by atoms with E-state index in [4.69, 9.17) is 0 Å². The van der Waals surface area contributed by atoms with Crippen LogP contribution in [0.3, 0.4) is 0 Å². The summed E-state index contributed by atoms with van der Waals surface area (Å²) in [7, 11) is 0. The Morgan fingerprint density at radius 2 is 1.68 bits per heavy atom. The predicted octanol–water partition coefficient (Wildman–Crippen LogP) is 3.79. The zero-order chi connectivity index (χ0) is 19.3. The van der Waals surface area contributed by atoms with Crippen LogP contribution in [0.1, 0.15) is 4.88 Å². The van der Waals surface area contributed by atoms with Gasteiger partial charge in [0.15, 0.2) is 0 Å². The number of aromatic nitrogens is 1. The molecule has 0 spiro atoms. The molecule has 3 aromatic rings. The molecule has 5 nitrogen and oxygen atoms in total. The Balaban J connectivity index is 1.30. The predicted molar refractivity (Wildman–Crippen MR) is 112 cm³/mol. The molecule has 1 fully saturated rings. The summed E-state index contributed by atoms with van der Waals surface area (Å²) in [6, 6.07) is 14.4. The topological polar surface area (TPSA) is 48.5 Å². The van der Waals surface area contributed by atoms with Crippen LogP contribution in [0.25, 0.3) is 0 Å². The molecule has 1 amide bonds. The zero-order valence-corrected chi connectivity index (χ0v) is 16.2. The summed E-state index contributed by atoms with van der Waals surface area (Å²) in [5.41, 5.74) is 2.08. The number of amides is 1. The number of carbonyl (C=O) groups excluding carboxylic acids is 1. The summed E-state index contributed by atoms with van der Waals surface area (Å²) < 4.78 is 13.1. The number of carbonyl (C=O) groups is 1. The van der Waals surface area contributed by atoms with Gasteiger partial charge >= 0.3 is 0 Å². The van der Waals surface area contributed by atoms with Crippen LogP contribution in [-0.2, 0) is 11.2 Å². The summed E-state index contributed by atoms with van der Waals surface area (Å²) in [6.07, 6.45) is 2.17. The number of nitrogens with zero attached hydrogens (tertiary/aromatic N) is 3. The molecule has 1 saturated heterocycles. The number of rotatable bonds is 5. The van der Waals surface area contributed by atoms with E-state index < -0.39 is 0 Å². The van der Waals surface area contributed by atoms with E-state index in [1.807, 2.05) is 41.8 Å². The van der Waals surface area contributed by atoms with Crippen LogP contribution in [0.5, 0.6) is 0 Å². The summed E-state index contributed by atoms with van der Waals surface area (Å²) in [6.45, 7) is 3.46. The maximum Gasteiger partial charge on any atom is 0.230 e. The van der Waals surface area contributed by atoms with Crippen LogP contribution in [-0.4, -0.2) is 37.1 Å². The van der Waals surface area contributed by atoms with E-state index in [1.54, 1.807) is 17.5 Å². The zero-order valence-electron chi connectivity index (χ0n) is 15.3. The molecule has 1 aliphatic rings. The molecule has 0 atom stereocenters. The quantitative estimate of drug-likeness (QED) is 0.713. The fourth-order valence-electron chi connectivity index (χ4n) is 3.28. The van der Waals surface area contributed by atoms with Crippen molar-refractivity contribution in [2.75, 3.05) is 41.3 Å². The molecule has 0 saturated carbocycles. The molecule has 0 unspecified atom stereocenters.